The predicted octanol–water partition coefficient (Wildman–Crippen LogP) is 8.82. The average Bonchev–Trinajstić information content (AvgIpc) is 3.08. The van der Waals surface area contributed by atoms with Gasteiger partial charge in [-0.2, -0.15) is 20.5 Å². The number of hydrogen-bond donors (Lipinski definition) is 6. The molecule has 6 aromatic carbocycles. The van der Waals surface area contributed by atoms with Gasteiger partial charge in [0.1, 0.15) is 22.7 Å². The number of rotatable bonds is 8. The molecule has 0 bridgehead atoms. The zero-order valence-electron chi connectivity index (χ0n) is 25.3. The van der Waals surface area contributed by atoms with Gasteiger partial charge in [0, 0.05) is 11.4 Å². The topological polar surface area (TPSA) is 249 Å². The van der Waals surface area contributed by atoms with Crippen molar-refractivity contribution in [2.45, 2.75) is 0 Å². The third-order valence-electron chi connectivity index (χ3n) is 7.05. The summed E-state index contributed by atoms with van der Waals surface area (Å²) in [5.74, 6) is -0.131. The first-order valence-electron chi connectivity index (χ1n) is 14.4. The number of nitrogen functional groups attached to an aromatic ring is 5. The number of anilines is 5. The zero-order chi connectivity index (χ0) is 33.6. The Labute approximate surface area is 330 Å². The normalized spacial score (nSPS) is 11.4. The molecule has 0 aromatic heterocycles. The van der Waals surface area contributed by atoms with Gasteiger partial charge < -0.3 is 33.8 Å². The molecule has 6 aromatic rings. The van der Waals surface area contributed by atoms with E-state index < -0.39 is 0 Å². The number of hydrogen-bond acceptors (Lipinski definition) is 14. The number of azo groups is 4. The Bertz CT molecular complexity index is 2100. The number of phenolic OH excluding ortho intramolecular Hbond substituents is 1. The fraction of sp³-hybridized carbons (Fsp3) is 0. The summed E-state index contributed by atoms with van der Waals surface area (Å²) in [6.45, 7) is 0. The Hall–Kier alpha value is -5.22. The van der Waals surface area contributed by atoms with Crippen molar-refractivity contribution in [1.82, 2.24) is 0 Å². The molecule has 6 rings (SSSR count). The van der Waals surface area contributed by atoms with E-state index in [-0.39, 0.29) is 76.2 Å². The molecule has 0 heterocycles. The summed E-state index contributed by atoms with van der Waals surface area (Å²) < 4.78 is 0. The minimum atomic E-state index is -0.131. The van der Waals surface area contributed by atoms with Gasteiger partial charge in [-0.15, -0.1) is 20.5 Å². The van der Waals surface area contributed by atoms with E-state index in [0.717, 1.165) is 0 Å². The molecule has 16 heteroatoms. The third-order valence-corrected chi connectivity index (χ3v) is 7.05. The Morgan fingerprint density at radius 2 is 0.720 bits per heavy atom. The summed E-state index contributed by atoms with van der Waals surface area (Å²) in [6, 6.07) is 30.9. The number of nitrogens with zero attached hydrogens (tertiary/aromatic N) is 8. The van der Waals surface area contributed by atoms with Crippen LogP contribution in [0.2, 0.25) is 0 Å². The van der Waals surface area contributed by atoms with Gasteiger partial charge in [-0.3, -0.25) is 0 Å². The van der Waals surface area contributed by atoms with Crippen LogP contribution in [0.15, 0.2) is 150 Å². The van der Waals surface area contributed by atoms with E-state index in [1.807, 2.05) is 0 Å². The summed E-state index contributed by atoms with van der Waals surface area (Å²) in [5.41, 5.74) is 35.9. The Morgan fingerprint density at radius 1 is 0.380 bits per heavy atom. The number of nitrogens with two attached hydrogens (primary N) is 5. The molecule has 0 saturated carbocycles. The molecule has 0 unspecified atom stereocenters. The molecule has 0 fully saturated rings. The molecule has 14 nitrogen and oxygen atoms in total. The van der Waals surface area contributed by atoms with Gasteiger partial charge >= 0.3 is 59.1 Å². The van der Waals surface area contributed by atoms with Crippen molar-refractivity contribution in [3.05, 3.63) is 109 Å². The van der Waals surface area contributed by atoms with E-state index in [1.54, 1.807) is 109 Å². The SMILES string of the molecule is Nc1ccc(N=Nc2ccc(N=Nc3ccc4ccc(N=Nc5ccc(N=Nc6ccc(N)cc6N)cc5)c(O)c4c3N)cc2)c(N)c1.[NaH].[NaH]. The Morgan fingerprint density at radius 3 is 1.12 bits per heavy atom. The molecule has 0 spiro atoms. The summed E-state index contributed by atoms with van der Waals surface area (Å²) >= 11 is 0. The van der Waals surface area contributed by atoms with Crippen molar-refractivity contribution in [3.63, 3.8) is 0 Å². The van der Waals surface area contributed by atoms with Crippen LogP contribution in [0.4, 0.5) is 73.9 Å². The molecule has 0 amide bonds. The third kappa shape index (κ3) is 9.06. The van der Waals surface area contributed by atoms with Crippen molar-refractivity contribution in [1.29, 1.82) is 0 Å². The monoisotopic (exact) mass is 683 g/mol. The van der Waals surface area contributed by atoms with Crippen LogP contribution in [0, 0.1) is 0 Å². The summed E-state index contributed by atoms with van der Waals surface area (Å²) in [6.07, 6.45) is 0. The van der Waals surface area contributed by atoms with Gasteiger partial charge in [-0.05, 0) is 102 Å². The molecule has 0 atom stereocenters. The Balaban J connectivity index is 0.00000281. The summed E-state index contributed by atoms with van der Waals surface area (Å²) in [7, 11) is 0. The quantitative estimate of drug-likeness (QED) is 0.0519. The van der Waals surface area contributed by atoms with Crippen LogP contribution >= 0.6 is 0 Å². The summed E-state index contributed by atoms with van der Waals surface area (Å²) in [4.78, 5) is 0. The van der Waals surface area contributed by atoms with Crippen LogP contribution in [-0.2, 0) is 0 Å². The Kier molecular flexibility index (Phi) is 12.7. The zero-order valence-corrected chi connectivity index (χ0v) is 25.3. The van der Waals surface area contributed by atoms with Crippen molar-refractivity contribution >= 4 is 144 Å². The van der Waals surface area contributed by atoms with Crippen LogP contribution < -0.4 is 28.7 Å². The van der Waals surface area contributed by atoms with Crippen molar-refractivity contribution in [3.8, 4) is 5.75 Å². The number of phenols is 1. The van der Waals surface area contributed by atoms with Crippen LogP contribution in [0.25, 0.3) is 10.8 Å². The van der Waals surface area contributed by atoms with Crippen LogP contribution in [0.5, 0.6) is 5.75 Å². The second-order valence-corrected chi connectivity index (χ2v) is 10.5. The molecular formula is C34H31N13Na2O. The van der Waals surface area contributed by atoms with E-state index in [9.17, 15) is 5.11 Å². The predicted molar refractivity (Wildman–Crippen MR) is 204 cm³/mol. The summed E-state index contributed by atoms with van der Waals surface area (Å²) in [5, 5.41) is 46.0. The average molecular weight is 684 g/mol. The molecule has 0 saturated heterocycles. The van der Waals surface area contributed by atoms with E-state index in [0.29, 0.717) is 73.3 Å². The second kappa shape index (κ2) is 16.9. The van der Waals surface area contributed by atoms with E-state index >= 15 is 0 Å². The van der Waals surface area contributed by atoms with Crippen molar-refractivity contribution < 1.29 is 5.11 Å². The van der Waals surface area contributed by atoms with Crippen LogP contribution in [0.3, 0.4) is 0 Å². The first kappa shape index (κ1) is 37.6. The maximum atomic E-state index is 11.1. The molecule has 0 aliphatic rings. The standard InChI is InChI=1S/C34H29N13O.2Na.2H/c35-20-3-15-28(26(37)17-20)44-40-22-5-9-24(10-6-22)42-46-30-13-1-19-2-14-31(34(48)32(19)33(30)39)47-43-25-11-7-23(8-12-25)41-45-29-16-4-21(36)18-27(29)38;;;;/h1-18,48H,35-39H2;;;;. The minimum absolute atomic E-state index is 0. The fourth-order valence-electron chi connectivity index (χ4n) is 4.52. The van der Waals surface area contributed by atoms with Crippen LogP contribution in [0.1, 0.15) is 0 Å². The number of fused-ring (bicyclic) bond motifs is 1. The van der Waals surface area contributed by atoms with Gasteiger partial charge in [0.25, 0.3) is 0 Å². The van der Waals surface area contributed by atoms with Gasteiger partial charge in [0.15, 0.2) is 5.75 Å². The molecule has 0 aliphatic heterocycles. The molecule has 11 N–H and O–H groups in total. The number of benzene rings is 6. The molecule has 0 aliphatic carbocycles. The van der Waals surface area contributed by atoms with Gasteiger partial charge in [-0.25, -0.2) is 0 Å². The molecule has 0 radical (unpaired) electrons. The van der Waals surface area contributed by atoms with Crippen molar-refractivity contribution in [2.75, 3.05) is 28.7 Å². The van der Waals surface area contributed by atoms with Gasteiger partial charge in [0.05, 0.1) is 45.2 Å². The van der Waals surface area contributed by atoms with E-state index in [1.165, 1.54) is 0 Å². The molecule has 240 valence electrons. The first-order chi connectivity index (χ1) is 23.2. The molecular weight excluding hydrogens is 652 g/mol. The molecule has 50 heavy (non-hydrogen) atoms. The number of aromatic hydroxyl groups is 1. The van der Waals surface area contributed by atoms with E-state index in [4.69, 9.17) is 28.7 Å². The second-order valence-electron chi connectivity index (χ2n) is 10.5. The van der Waals surface area contributed by atoms with Crippen LogP contribution in [-0.4, -0.2) is 64.2 Å². The van der Waals surface area contributed by atoms with Crippen molar-refractivity contribution in [2.24, 2.45) is 40.9 Å². The maximum absolute atomic E-state index is 11.1. The van der Waals surface area contributed by atoms with E-state index in [2.05, 4.69) is 40.9 Å². The fourth-order valence-corrected chi connectivity index (χ4v) is 4.52. The van der Waals surface area contributed by atoms with Gasteiger partial charge in [-0.1, -0.05) is 12.1 Å². The van der Waals surface area contributed by atoms with Gasteiger partial charge in [0.2, 0.25) is 0 Å². The first-order valence-corrected chi connectivity index (χ1v) is 14.4.